The molecule has 0 saturated heterocycles. The second-order valence-corrected chi connectivity index (χ2v) is 7.68. The minimum Gasteiger partial charge on any atom is -0.480 e. The lowest BCUT2D eigenvalue weighted by Gasteiger charge is -2.08. The number of nitrogens with one attached hydrogen (secondary N) is 2. The van der Waals surface area contributed by atoms with Gasteiger partial charge < -0.3 is 15.1 Å². The van der Waals surface area contributed by atoms with Gasteiger partial charge in [-0.2, -0.15) is 0 Å². The molecule has 13 heteroatoms. The number of aromatic amines is 2. The fourth-order valence-corrected chi connectivity index (χ4v) is 3.24. The van der Waals surface area contributed by atoms with Crippen molar-refractivity contribution in [2.75, 3.05) is 0 Å². The summed E-state index contributed by atoms with van der Waals surface area (Å²) in [5.74, 6) is -1.24. The highest BCUT2D eigenvalue weighted by molar-refractivity contribution is 6.43. The molecule has 2 aromatic heterocycles. The van der Waals surface area contributed by atoms with Crippen LogP contribution in [-0.4, -0.2) is 30.6 Å². The molecule has 0 amide bonds. The van der Waals surface area contributed by atoms with E-state index in [-0.39, 0.29) is 26.6 Å². The van der Waals surface area contributed by atoms with E-state index in [1.54, 1.807) is 12.1 Å². The molecule has 2 heterocycles. The van der Waals surface area contributed by atoms with E-state index in [1.807, 2.05) is 0 Å². The first-order chi connectivity index (χ1) is 14.6. The van der Waals surface area contributed by atoms with Gasteiger partial charge in [0.1, 0.15) is 6.54 Å². The number of hydrogen-bond acceptors (Lipinski definition) is 5. The lowest BCUT2D eigenvalue weighted by atomic mass is 10.3. The Morgan fingerprint density at radius 1 is 0.903 bits per heavy atom. The summed E-state index contributed by atoms with van der Waals surface area (Å²) < 4.78 is 0.832. The van der Waals surface area contributed by atoms with Crippen molar-refractivity contribution in [1.29, 1.82) is 0 Å². The third-order valence-corrected chi connectivity index (χ3v) is 5.37. The minimum absolute atomic E-state index is 0.162. The summed E-state index contributed by atoms with van der Waals surface area (Å²) in [7, 11) is 0. The molecule has 160 valence electrons. The third kappa shape index (κ3) is 5.08. The lowest BCUT2D eigenvalue weighted by molar-refractivity contribution is -0.137. The fraction of sp³-hybridized carbons (Fsp3) is 0.0556. The second-order valence-electron chi connectivity index (χ2n) is 6.05. The summed E-state index contributed by atoms with van der Waals surface area (Å²) in [5.41, 5.74) is -0.473. The van der Waals surface area contributed by atoms with Crippen molar-refractivity contribution in [1.82, 2.24) is 19.5 Å². The molecule has 0 aliphatic rings. The van der Waals surface area contributed by atoms with Crippen molar-refractivity contribution in [2.24, 2.45) is 0 Å². The number of carboxylic acid groups (broad SMARTS) is 1. The molecule has 0 saturated carbocycles. The number of carboxylic acids is 1. The fourth-order valence-electron chi connectivity index (χ4n) is 2.60. The first kappa shape index (κ1) is 22.8. The molecule has 31 heavy (non-hydrogen) atoms. The second kappa shape index (κ2) is 9.11. The number of rotatable bonds is 2. The van der Waals surface area contributed by atoms with Crippen LogP contribution in [0.15, 0.2) is 44.8 Å². The first-order valence-corrected chi connectivity index (χ1v) is 9.75. The van der Waals surface area contributed by atoms with E-state index in [2.05, 4.69) is 15.0 Å². The van der Waals surface area contributed by atoms with Crippen LogP contribution in [0.5, 0.6) is 0 Å². The molecule has 0 fully saturated rings. The van der Waals surface area contributed by atoms with E-state index < -0.39 is 23.6 Å². The summed E-state index contributed by atoms with van der Waals surface area (Å²) in [5, 5.41) is 9.92. The van der Waals surface area contributed by atoms with Crippen molar-refractivity contribution in [3.8, 4) is 0 Å². The Balaban J connectivity index is 0.000000185. The van der Waals surface area contributed by atoms with Gasteiger partial charge in [0.15, 0.2) is 0 Å². The molecular formula is C18H10Cl4N4O5. The molecule has 0 aliphatic carbocycles. The predicted octanol–water partition coefficient (Wildman–Crippen LogP) is 3.31. The van der Waals surface area contributed by atoms with Gasteiger partial charge in [-0.25, -0.2) is 4.98 Å². The van der Waals surface area contributed by atoms with Gasteiger partial charge in [0.2, 0.25) is 0 Å². The number of H-pyrrole nitrogens is 2. The van der Waals surface area contributed by atoms with Crippen LogP contribution < -0.4 is 16.7 Å². The number of fused-ring (bicyclic) bond motifs is 2. The number of benzene rings is 2. The quantitative estimate of drug-likeness (QED) is 0.359. The van der Waals surface area contributed by atoms with Crippen LogP contribution in [0.2, 0.25) is 20.1 Å². The molecule has 4 aromatic rings. The van der Waals surface area contributed by atoms with E-state index >= 15 is 0 Å². The van der Waals surface area contributed by atoms with Crippen LogP contribution in [-0.2, 0) is 11.3 Å². The summed E-state index contributed by atoms with van der Waals surface area (Å²) in [6, 6.07) is 5.88. The molecule has 4 rings (SSSR count). The largest absolute Gasteiger partial charge is 0.480 e. The molecule has 0 bridgehead atoms. The molecular weight excluding hydrogens is 494 g/mol. The number of nitrogens with zero attached hydrogens (tertiary/aromatic N) is 2. The topological polar surface area (TPSA) is 138 Å². The Labute approximate surface area is 191 Å². The Bertz CT molecular complexity index is 1510. The third-order valence-electron chi connectivity index (χ3n) is 3.93. The van der Waals surface area contributed by atoms with Gasteiger partial charge in [0, 0.05) is 0 Å². The maximum atomic E-state index is 11.6. The monoisotopic (exact) mass is 502 g/mol. The molecule has 9 nitrogen and oxygen atoms in total. The lowest BCUT2D eigenvalue weighted by Crippen LogP contribution is -2.37. The smallest absolute Gasteiger partial charge is 0.323 e. The van der Waals surface area contributed by atoms with Gasteiger partial charge in [0.25, 0.3) is 5.56 Å². The Morgan fingerprint density at radius 2 is 1.48 bits per heavy atom. The average Bonchev–Trinajstić information content (AvgIpc) is 2.69. The molecule has 0 radical (unpaired) electrons. The maximum Gasteiger partial charge on any atom is 0.323 e. The van der Waals surface area contributed by atoms with E-state index in [1.165, 1.54) is 18.3 Å². The summed E-state index contributed by atoms with van der Waals surface area (Å²) >= 11 is 23.1. The van der Waals surface area contributed by atoms with Crippen LogP contribution in [0.4, 0.5) is 0 Å². The number of hydrogen-bond donors (Lipinski definition) is 3. The van der Waals surface area contributed by atoms with Crippen LogP contribution >= 0.6 is 46.4 Å². The summed E-state index contributed by atoms with van der Waals surface area (Å²) in [6.07, 6.45) is 1.20. The van der Waals surface area contributed by atoms with Crippen molar-refractivity contribution in [2.45, 2.75) is 6.54 Å². The van der Waals surface area contributed by atoms with Gasteiger partial charge in [-0.3, -0.25) is 23.7 Å². The van der Waals surface area contributed by atoms with Gasteiger partial charge in [-0.15, -0.1) is 0 Å². The number of halogens is 4. The van der Waals surface area contributed by atoms with E-state index in [4.69, 9.17) is 51.5 Å². The molecule has 0 spiro atoms. The zero-order valence-corrected chi connectivity index (χ0v) is 18.1. The average molecular weight is 504 g/mol. The highest BCUT2D eigenvalue weighted by Gasteiger charge is 2.12. The van der Waals surface area contributed by atoms with Crippen LogP contribution in [0.25, 0.3) is 22.1 Å². The van der Waals surface area contributed by atoms with Crippen molar-refractivity contribution in [3.63, 3.8) is 0 Å². The standard InChI is InChI=1S/C10H6Cl2N2O4.C8H4Cl2N2O/c11-4-1-6-7(2-5(4)12)14(3-8(15)16)10(18)9(17)13-6;9-4-1-6-7(2-5(4)10)12-8(13)3-11-6/h1-2H,3H2,(H,13,17)(H,15,16);1-3H,(H,12,13). The normalized spacial score (nSPS) is 10.7. The Hall–Kier alpha value is -2.85. The number of carbonyl (C=O) groups is 1. The number of aromatic nitrogens is 4. The molecule has 0 aliphatic heterocycles. The van der Waals surface area contributed by atoms with Gasteiger partial charge >= 0.3 is 17.1 Å². The van der Waals surface area contributed by atoms with Gasteiger partial charge in [0.05, 0.1) is 48.4 Å². The first-order valence-electron chi connectivity index (χ1n) is 8.24. The van der Waals surface area contributed by atoms with Crippen molar-refractivity contribution in [3.05, 3.63) is 81.6 Å². The summed E-state index contributed by atoms with van der Waals surface area (Å²) in [4.78, 5) is 53.4. The number of aliphatic carboxylic acids is 1. The van der Waals surface area contributed by atoms with Gasteiger partial charge in [-0.1, -0.05) is 46.4 Å². The predicted molar refractivity (Wildman–Crippen MR) is 119 cm³/mol. The van der Waals surface area contributed by atoms with E-state index in [0.29, 0.717) is 21.1 Å². The summed E-state index contributed by atoms with van der Waals surface area (Å²) in [6.45, 7) is -0.628. The zero-order valence-electron chi connectivity index (χ0n) is 15.1. The Kier molecular flexibility index (Phi) is 6.71. The molecule has 0 atom stereocenters. The highest BCUT2D eigenvalue weighted by Crippen LogP contribution is 2.26. The van der Waals surface area contributed by atoms with Crippen molar-refractivity contribution < 1.29 is 9.90 Å². The highest BCUT2D eigenvalue weighted by atomic mass is 35.5. The molecule has 3 N–H and O–H groups in total. The van der Waals surface area contributed by atoms with Crippen molar-refractivity contribution >= 4 is 74.4 Å². The van der Waals surface area contributed by atoms with Crippen LogP contribution in [0, 0.1) is 0 Å². The molecule has 0 unspecified atom stereocenters. The minimum atomic E-state index is -1.24. The zero-order chi connectivity index (χ0) is 22.9. The van der Waals surface area contributed by atoms with Crippen LogP contribution in [0.3, 0.4) is 0 Å². The van der Waals surface area contributed by atoms with E-state index in [0.717, 1.165) is 4.57 Å². The SMILES string of the molecule is O=C(O)Cn1c(=O)c(=O)[nH]c2cc(Cl)c(Cl)cc21.O=c1cnc2cc(Cl)c(Cl)cc2[nH]1. The van der Waals surface area contributed by atoms with Crippen LogP contribution in [0.1, 0.15) is 0 Å². The maximum absolute atomic E-state index is 11.6. The van der Waals surface area contributed by atoms with E-state index in [9.17, 15) is 19.2 Å². The molecule has 2 aromatic carbocycles. The van der Waals surface area contributed by atoms with Gasteiger partial charge in [-0.05, 0) is 24.3 Å². The Morgan fingerprint density at radius 3 is 2.13 bits per heavy atom.